The largest absolute Gasteiger partial charge is 0.352 e. The summed E-state index contributed by atoms with van der Waals surface area (Å²) >= 11 is 0. The molecule has 1 aromatic rings. The maximum atomic E-state index is 11.9. The monoisotopic (exact) mass is 267 g/mol. The number of hydrogen-bond donors (Lipinski definition) is 1. The van der Waals surface area contributed by atoms with Gasteiger partial charge in [0.05, 0.1) is 16.2 Å². The lowest BCUT2D eigenvalue weighted by Crippen LogP contribution is -2.26. The van der Waals surface area contributed by atoms with Crippen LogP contribution in [-0.4, -0.2) is 26.6 Å². The van der Waals surface area contributed by atoms with Crippen LogP contribution in [0.25, 0.3) is 0 Å². The van der Waals surface area contributed by atoms with Crippen molar-refractivity contribution < 1.29 is 13.2 Å². The third-order valence-electron chi connectivity index (χ3n) is 2.48. The van der Waals surface area contributed by atoms with Gasteiger partial charge < -0.3 is 5.32 Å². The van der Waals surface area contributed by atoms with Crippen LogP contribution in [0.1, 0.15) is 23.7 Å². The highest BCUT2D eigenvalue weighted by atomic mass is 32.2. The van der Waals surface area contributed by atoms with Gasteiger partial charge in [-0.1, -0.05) is 25.1 Å². The zero-order valence-corrected chi connectivity index (χ0v) is 11.2. The number of amides is 1. The lowest BCUT2D eigenvalue weighted by Gasteiger charge is -2.09. The predicted octanol–water partition coefficient (Wildman–Crippen LogP) is 1.79. The Morgan fingerprint density at radius 3 is 2.67 bits per heavy atom. The summed E-state index contributed by atoms with van der Waals surface area (Å²) < 4.78 is 23.7. The van der Waals surface area contributed by atoms with Gasteiger partial charge in [-0.15, -0.1) is 6.58 Å². The van der Waals surface area contributed by atoms with Gasteiger partial charge in [0.2, 0.25) is 0 Å². The molecule has 1 amide bonds. The summed E-state index contributed by atoms with van der Waals surface area (Å²) in [6.07, 6.45) is 2.34. The third kappa shape index (κ3) is 3.43. The molecule has 0 fully saturated rings. The van der Waals surface area contributed by atoms with Crippen molar-refractivity contribution in [1.82, 2.24) is 5.32 Å². The van der Waals surface area contributed by atoms with Crippen molar-refractivity contribution in [3.8, 4) is 0 Å². The average molecular weight is 267 g/mol. The van der Waals surface area contributed by atoms with Crippen LogP contribution >= 0.6 is 0 Å². The van der Waals surface area contributed by atoms with Crippen LogP contribution in [0.2, 0.25) is 0 Å². The number of benzene rings is 1. The second-order valence-electron chi connectivity index (χ2n) is 3.73. The van der Waals surface area contributed by atoms with Crippen molar-refractivity contribution in [2.24, 2.45) is 0 Å². The lowest BCUT2D eigenvalue weighted by molar-refractivity contribution is 0.0951. The van der Waals surface area contributed by atoms with Crippen LogP contribution in [0.4, 0.5) is 0 Å². The molecular formula is C13H17NO3S. The SMILES string of the molecule is C=CCCNC(=O)c1ccccc1S(=O)(=O)CC. The van der Waals surface area contributed by atoms with E-state index in [0.29, 0.717) is 13.0 Å². The van der Waals surface area contributed by atoms with Gasteiger partial charge in [-0.3, -0.25) is 4.79 Å². The van der Waals surface area contributed by atoms with Crippen LogP contribution in [0.3, 0.4) is 0 Å². The van der Waals surface area contributed by atoms with Crippen molar-refractivity contribution in [2.45, 2.75) is 18.2 Å². The molecule has 0 aliphatic heterocycles. The van der Waals surface area contributed by atoms with Gasteiger partial charge >= 0.3 is 0 Å². The van der Waals surface area contributed by atoms with E-state index in [1.165, 1.54) is 12.1 Å². The average Bonchev–Trinajstić information content (AvgIpc) is 2.39. The first-order chi connectivity index (χ1) is 8.53. The van der Waals surface area contributed by atoms with Crippen molar-refractivity contribution >= 4 is 15.7 Å². The molecule has 0 atom stereocenters. The molecular weight excluding hydrogens is 250 g/mol. The van der Waals surface area contributed by atoms with Crippen LogP contribution < -0.4 is 5.32 Å². The van der Waals surface area contributed by atoms with E-state index in [4.69, 9.17) is 0 Å². The molecule has 1 aromatic carbocycles. The Morgan fingerprint density at radius 2 is 2.06 bits per heavy atom. The summed E-state index contributed by atoms with van der Waals surface area (Å²) in [5.41, 5.74) is 0.198. The molecule has 5 heteroatoms. The van der Waals surface area contributed by atoms with Crippen molar-refractivity contribution in [1.29, 1.82) is 0 Å². The van der Waals surface area contributed by atoms with Gasteiger partial charge in [-0.05, 0) is 18.6 Å². The van der Waals surface area contributed by atoms with Crippen molar-refractivity contribution in [3.63, 3.8) is 0 Å². The summed E-state index contributed by atoms with van der Waals surface area (Å²) in [6, 6.07) is 6.24. The van der Waals surface area contributed by atoms with Gasteiger partial charge in [0.25, 0.3) is 5.91 Å². The highest BCUT2D eigenvalue weighted by Crippen LogP contribution is 2.16. The number of hydrogen-bond acceptors (Lipinski definition) is 3. The summed E-state index contributed by atoms with van der Waals surface area (Å²) in [5.74, 6) is -0.395. The second-order valence-corrected chi connectivity index (χ2v) is 5.98. The van der Waals surface area contributed by atoms with E-state index in [0.717, 1.165) is 0 Å². The van der Waals surface area contributed by atoms with E-state index in [9.17, 15) is 13.2 Å². The van der Waals surface area contributed by atoms with Crippen molar-refractivity contribution in [2.75, 3.05) is 12.3 Å². The minimum atomic E-state index is -3.39. The Hall–Kier alpha value is -1.62. The zero-order chi connectivity index (χ0) is 13.6. The number of carbonyl (C=O) groups excluding carboxylic acids is 1. The molecule has 0 aliphatic carbocycles. The molecule has 1 N–H and O–H groups in total. The summed E-state index contributed by atoms with van der Waals surface area (Å²) in [7, 11) is -3.39. The van der Waals surface area contributed by atoms with Crippen LogP contribution in [0.5, 0.6) is 0 Å². The normalized spacial score (nSPS) is 10.9. The van der Waals surface area contributed by atoms with E-state index in [-0.39, 0.29) is 22.1 Å². The smallest absolute Gasteiger partial charge is 0.252 e. The maximum Gasteiger partial charge on any atom is 0.252 e. The highest BCUT2D eigenvalue weighted by molar-refractivity contribution is 7.91. The summed E-state index contributed by atoms with van der Waals surface area (Å²) in [6.45, 7) is 5.56. The van der Waals surface area contributed by atoms with Crippen LogP contribution in [-0.2, 0) is 9.84 Å². The van der Waals surface area contributed by atoms with E-state index >= 15 is 0 Å². The molecule has 1 rings (SSSR count). The van der Waals surface area contributed by atoms with E-state index in [2.05, 4.69) is 11.9 Å². The minimum Gasteiger partial charge on any atom is -0.352 e. The first-order valence-corrected chi connectivity index (χ1v) is 7.39. The van der Waals surface area contributed by atoms with Gasteiger partial charge in [0, 0.05) is 6.54 Å². The maximum absolute atomic E-state index is 11.9. The molecule has 0 saturated heterocycles. The Bertz CT molecular complexity index is 535. The number of rotatable bonds is 6. The first kappa shape index (κ1) is 14.4. The molecule has 98 valence electrons. The van der Waals surface area contributed by atoms with Gasteiger partial charge in [0.15, 0.2) is 9.84 Å². The Kier molecular flexibility index (Phi) is 5.09. The quantitative estimate of drug-likeness (QED) is 0.631. The molecule has 0 saturated carbocycles. The lowest BCUT2D eigenvalue weighted by atomic mass is 10.2. The highest BCUT2D eigenvalue weighted by Gasteiger charge is 2.19. The predicted molar refractivity (Wildman–Crippen MR) is 71.3 cm³/mol. The first-order valence-electron chi connectivity index (χ1n) is 5.73. The Morgan fingerprint density at radius 1 is 1.39 bits per heavy atom. The fourth-order valence-electron chi connectivity index (χ4n) is 1.46. The van der Waals surface area contributed by atoms with E-state index in [1.807, 2.05) is 0 Å². The van der Waals surface area contributed by atoms with Gasteiger partial charge in [-0.2, -0.15) is 0 Å². The van der Waals surface area contributed by atoms with Gasteiger partial charge in [-0.25, -0.2) is 8.42 Å². The Balaban J connectivity index is 3.03. The van der Waals surface area contributed by atoms with Gasteiger partial charge in [0.1, 0.15) is 0 Å². The fraction of sp³-hybridized carbons (Fsp3) is 0.308. The third-order valence-corrected chi connectivity index (χ3v) is 4.27. The van der Waals surface area contributed by atoms with E-state index < -0.39 is 9.84 Å². The number of nitrogens with one attached hydrogen (secondary N) is 1. The summed E-state index contributed by atoms with van der Waals surface area (Å²) in [4.78, 5) is 12.0. The molecule has 0 aliphatic rings. The zero-order valence-electron chi connectivity index (χ0n) is 10.3. The number of carbonyl (C=O) groups is 1. The molecule has 0 spiro atoms. The topological polar surface area (TPSA) is 63.2 Å². The molecule has 0 radical (unpaired) electrons. The molecule has 0 unspecified atom stereocenters. The van der Waals surface area contributed by atoms with Crippen LogP contribution in [0, 0.1) is 0 Å². The molecule has 4 nitrogen and oxygen atoms in total. The molecule has 18 heavy (non-hydrogen) atoms. The molecule has 0 aromatic heterocycles. The second kappa shape index (κ2) is 6.35. The minimum absolute atomic E-state index is 0.0239. The molecule has 0 bridgehead atoms. The Labute approximate surface area is 108 Å². The van der Waals surface area contributed by atoms with E-state index in [1.54, 1.807) is 25.1 Å². The number of sulfone groups is 1. The fourth-order valence-corrected chi connectivity index (χ4v) is 2.56. The van der Waals surface area contributed by atoms with Crippen LogP contribution in [0.15, 0.2) is 41.8 Å². The molecule has 0 heterocycles. The van der Waals surface area contributed by atoms with Crippen molar-refractivity contribution in [3.05, 3.63) is 42.5 Å². The summed E-state index contributed by atoms with van der Waals surface area (Å²) in [5, 5.41) is 2.66. The standard InChI is InChI=1S/C13H17NO3S/c1-3-5-10-14-13(15)11-8-6-7-9-12(11)18(16,17)4-2/h3,6-9H,1,4-5,10H2,2H3,(H,14,15).